The zero-order valence-corrected chi connectivity index (χ0v) is 14.7. The SMILES string of the molecule is CCNC(c1ccc(CC(C)C)cc1)c1cc(C)c(C)s1. The van der Waals surface area contributed by atoms with Crippen LogP contribution in [-0.2, 0) is 6.42 Å². The smallest absolute Gasteiger partial charge is 0.0671 e. The van der Waals surface area contributed by atoms with Crippen molar-refractivity contribution in [2.45, 2.75) is 47.1 Å². The van der Waals surface area contributed by atoms with Crippen LogP contribution >= 0.6 is 11.3 Å². The summed E-state index contributed by atoms with van der Waals surface area (Å²) in [6.07, 6.45) is 1.16. The third-order valence-corrected chi connectivity index (χ3v) is 5.05. The van der Waals surface area contributed by atoms with Gasteiger partial charge in [0.1, 0.15) is 0 Å². The number of thiophene rings is 1. The van der Waals surface area contributed by atoms with E-state index in [2.05, 4.69) is 70.3 Å². The average molecular weight is 301 g/mol. The molecular weight excluding hydrogens is 274 g/mol. The summed E-state index contributed by atoms with van der Waals surface area (Å²) in [6, 6.07) is 11.8. The number of hydrogen-bond donors (Lipinski definition) is 1. The molecule has 0 fully saturated rings. The first-order chi connectivity index (χ1) is 10.0. The van der Waals surface area contributed by atoms with Crippen LogP contribution < -0.4 is 5.32 Å². The Hall–Kier alpha value is -1.12. The monoisotopic (exact) mass is 301 g/mol. The van der Waals surface area contributed by atoms with Crippen molar-refractivity contribution in [2.75, 3.05) is 6.54 Å². The van der Waals surface area contributed by atoms with Crippen molar-refractivity contribution in [3.63, 3.8) is 0 Å². The number of aryl methyl sites for hydroxylation is 2. The molecule has 1 N–H and O–H groups in total. The van der Waals surface area contributed by atoms with Crippen molar-refractivity contribution in [1.29, 1.82) is 0 Å². The summed E-state index contributed by atoms with van der Waals surface area (Å²) in [7, 11) is 0. The second-order valence-corrected chi connectivity index (χ2v) is 7.51. The predicted molar refractivity (Wildman–Crippen MR) is 94.3 cm³/mol. The molecule has 0 radical (unpaired) electrons. The number of hydrogen-bond acceptors (Lipinski definition) is 2. The van der Waals surface area contributed by atoms with E-state index in [0.717, 1.165) is 13.0 Å². The molecule has 0 amide bonds. The molecule has 114 valence electrons. The standard InChI is InChI=1S/C19H27NS/c1-6-20-19(18-12-14(4)15(5)21-18)17-9-7-16(8-10-17)11-13(2)3/h7-10,12-13,19-20H,6,11H2,1-5H3. The highest BCUT2D eigenvalue weighted by atomic mass is 32.1. The quantitative estimate of drug-likeness (QED) is 0.767. The first kappa shape index (κ1) is 16.3. The molecule has 1 aromatic carbocycles. The first-order valence-electron chi connectivity index (χ1n) is 7.90. The summed E-state index contributed by atoms with van der Waals surface area (Å²) in [5, 5.41) is 3.63. The van der Waals surface area contributed by atoms with Gasteiger partial charge in [-0.2, -0.15) is 0 Å². The zero-order chi connectivity index (χ0) is 15.4. The summed E-state index contributed by atoms with van der Waals surface area (Å²) < 4.78 is 0. The number of benzene rings is 1. The van der Waals surface area contributed by atoms with Gasteiger partial charge in [0.2, 0.25) is 0 Å². The fourth-order valence-electron chi connectivity index (χ4n) is 2.65. The van der Waals surface area contributed by atoms with Gasteiger partial charge in [-0.25, -0.2) is 0 Å². The van der Waals surface area contributed by atoms with Crippen LogP contribution in [-0.4, -0.2) is 6.54 Å². The molecule has 0 saturated carbocycles. The molecule has 1 unspecified atom stereocenters. The Morgan fingerprint density at radius 3 is 2.24 bits per heavy atom. The highest BCUT2D eigenvalue weighted by Crippen LogP contribution is 2.31. The lowest BCUT2D eigenvalue weighted by molar-refractivity contribution is 0.634. The molecule has 1 nitrogen and oxygen atoms in total. The minimum Gasteiger partial charge on any atom is -0.306 e. The molecule has 1 atom stereocenters. The second kappa shape index (κ2) is 7.24. The third-order valence-electron chi connectivity index (χ3n) is 3.83. The molecule has 0 bridgehead atoms. The lowest BCUT2D eigenvalue weighted by Crippen LogP contribution is -2.21. The topological polar surface area (TPSA) is 12.0 Å². The Labute approximate surface area is 133 Å². The summed E-state index contributed by atoms with van der Waals surface area (Å²) in [5.74, 6) is 0.711. The van der Waals surface area contributed by atoms with Gasteiger partial charge in [0.25, 0.3) is 0 Å². The van der Waals surface area contributed by atoms with Crippen molar-refractivity contribution in [3.8, 4) is 0 Å². The van der Waals surface area contributed by atoms with Crippen LogP contribution in [0.4, 0.5) is 0 Å². The van der Waals surface area contributed by atoms with Crippen LogP contribution in [0.5, 0.6) is 0 Å². The molecule has 0 spiro atoms. The molecule has 1 aromatic heterocycles. The summed E-state index contributed by atoms with van der Waals surface area (Å²) in [4.78, 5) is 2.84. The fourth-order valence-corrected chi connectivity index (χ4v) is 3.79. The van der Waals surface area contributed by atoms with Gasteiger partial charge < -0.3 is 5.32 Å². The van der Waals surface area contributed by atoms with E-state index in [-0.39, 0.29) is 0 Å². The Kier molecular flexibility index (Phi) is 5.60. The third kappa shape index (κ3) is 4.18. The Morgan fingerprint density at radius 2 is 1.76 bits per heavy atom. The maximum atomic E-state index is 3.63. The predicted octanol–water partition coefficient (Wildman–Crippen LogP) is 5.26. The van der Waals surface area contributed by atoms with E-state index < -0.39 is 0 Å². The lowest BCUT2D eigenvalue weighted by atomic mass is 9.98. The van der Waals surface area contributed by atoms with E-state index in [9.17, 15) is 0 Å². The lowest BCUT2D eigenvalue weighted by Gasteiger charge is -2.17. The minimum atomic E-state index is 0.320. The Balaban J connectivity index is 2.25. The molecule has 0 aliphatic heterocycles. The Morgan fingerprint density at radius 1 is 1.10 bits per heavy atom. The largest absolute Gasteiger partial charge is 0.306 e. The first-order valence-corrected chi connectivity index (χ1v) is 8.72. The molecule has 21 heavy (non-hydrogen) atoms. The van der Waals surface area contributed by atoms with E-state index in [1.807, 2.05) is 11.3 Å². The molecular formula is C19H27NS. The van der Waals surface area contributed by atoms with Gasteiger partial charge in [0, 0.05) is 9.75 Å². The fraction of sp³-hybridized carbons (Fsp3) is 0.474. The summed E-state index contributed by atoms with van der Waals surface area (Å²) in [6.45, 7) is 12.1. The van der Waals surface area contributed by atoms with Crippen molar-refractivity contribution in [3.05, 3.63) is 56.8 Å². The van der Waals surface area contributed by atoms with Gasteiger partial charge in [-0.05, 0) is 55.5 Å². The van der Waals surface area contributed by atoms with Crippen LogP contribution in [0.15, 0.2) is 30.3 Å². The average Bonchev–Trinajstić information content (AvgIpc) is 2.76. The minimum absolute atomic E-state index is 0.320. The Bertz CT molecular complexity index is 546. The molecule has 2 heteroatoms. The van der Waals surface area contributed by atoms with Crippen molar-refractivity contribution < 1.29 is 0 Å². The molecule has 0 aliphatic rings. The summed E-state index contributed by atoms with van der Waals surface area (Å²) in [5.41, 5.74) is 4.20. The van der Waals surface area contributed by atoms with Gasteiger partial charge in [-0.15, -0.1) is 11.3 Å². The molecule has 2 rings (SSSR count). The second-order valence-electron chi connectivity index (χ2n) is 6.22. The highest BCUT2D eigenvalue weighted by Gasteiger charge is 2.16. The van der Waals surface area contributed by atoms with Crippen LogP contribution in [0.25, 0.3) is 0 Å². The normalized spacial score (nSPS) is 12.9. The van der Waals surface area contributed by atoms with E-state index in [4.69, 9.17) is 0 Å². The highest BCUT2D eigenvalue weighted by molar-refractivity contribution is 7.12. The van der Waals surface area contributed by atoms with Gasteiger partial charge >= 0.3 is 0 Å². The molecule has 0 saturated heterocycles. The van der Waals surface area contributed by atoms with E-state index in [1.165, 1.54) is 26.4 Å². The van der Waals surface area contributed by atoms with E-state index in [0.29, 0.717) is 12.0 Å². The number of rotatable bonds is 6. The van der Waals surface area contributed by atoms with Gasteiger partial charge in [0.15, 0.2) is 0 Å². The van der Waals surface area contributed by atoms with E-state index in [1.54, 1.807) is 0 Å². The van der Waals surface area contributed by atoms with Crippen LogP contribution in [0.1, 0.15) is 53.3 Å². The van der Waals surface area contributed by atoms with Crippen molar-refractivity contribution >= 4 is 11.3 Å². The van der Waals surface area contributed by atoms with Crippen molar-refractivity contribution in [1.82, 2.24) is 5.32 Å². The maximum absolute atomic E-state index is 3.63. The molecule has 2 aromatic rings. The van der Waals surface area contributed by atoms with Crippen LogP contribution in [0.3, 0.4) is 0 Å². The number of nitrogens with one attached hydrogen (secondary N) is 1. The van der Waals surface area contributed by atoms with Crippen molar-refractivity contribution in [2.24, 2.45) is 5.92 Å². The van der Waals surface area contributed by atoms with Crippen LogP contribution in [0.2, 0.25) is 0 Å². The van der Waals surface area contributed by atoms with Gasteiger partial charge in [-0.3, -0.25) is 0 Å². The zero-order valence-electron chi connectivity index (χ0n) is 13.9. The van der Waals surface area contributed by atoms with Gasteiger partial charge in [-0.1, -0.05) is 45.0 Å². The van der Waals surface area contributed by atoms with E-state index >= 15 is 0 Å². The maximum Gasteiger partial charge on any atom is 0.0671 e. The summed E-state index contributed by atoms with van der Waals surface area (Å²) >= 11 is 1.91. The van der Waals surface area contributed by atoms with Crippen LogP contribution in [0, 0.1) is 19.8 Å². The molecule has 1 heterocycles. The van der Waals surface area contributed by atoms with Gasteiger partial charge in [0.05, 0.1) is 6.04 Å². The molecule has 0 aliphatic carbocycles.